The molecule has 0 aliphatic heterocycles. The Kier molecular flexibility index (Phi) is 6.03. The van der Waals surface area contributed by atoms with Gasteiger partial charge in [0.2, 0.25) is 0 Å². The number of carbonyl (C=O) groups excluding carboxylic acids is 1. The fourth-order valence-electron chi connectivity index (χ4n) is 1.75. The third-order valence-electron chi connectivity index (χ3n) is 3.25. The standard InChI is InChI=1S/C16H24O3/c1-11(2)14(17)10-15(12(3)4)19-16(18)13-8-6-5-7-9-13/h5-9,11-12,14-15,17H,10H2,1-4H3/t14-,15-/m0/s1. The second kappa shape index (κ2) is 7.29. The van der Waals surface area contributed by atoms with Gasteiger partial charge in [-0.1, -0.05) is 45.9 Å². The molecule has 0 heterocycles. The van der Waals surface area contributed by atoms with Gasteiger partial charge in [-0.2, -0.15) is 0 Å². The number of esters is 1. The van der Waals surface area contributed by atoms with Crippen LogP contribution in [0, 0.1) is 11.8 Å². The molecule has 0 unspecified atom stereocenters. The van der Waals surface area contributed by atoms with Crippen molar-refractivity contribution >= 4 is 5.97 Å². The predicted molar refractivity (Wildman–Crippen MR) is 75.9 cm³/mol. The van der Waals surface area contributed by atoms with Gasteiger partial charge in [0.25, 0.3) is 0 Å². The topological polar surface area (TPSA) is 46.5 Å². The van der Waals surface area contributed by atoms with Gasteiger partial charge in [-0.15, -0.1) is 0 Å². The molecule has 1 rings (SSSR count). The largest absolute Gasteiger partial charge is 0.458 e. The summed E-state index contributed by atoms with van der Waals surface area (Å²) in [6, 6.07) is 8.95. The van der Waals surface area contributed by atoms with Crippen molar-refractivity contribution < 1.29 is 14.6 Å². The SMILES string of the molecule is CC(C)[C@H](C[C@H](O)C(C)C)OC(=O)c1ccccc1. The Hall–Kier alpha value is -1.35. The van der Waals surface area contributed by atoms with Crippen molar-refractivity contribution in [1.82, 2.24) is 0 Å². The molecule has 0 amide bonds. The van der Waals surface area contributed by atoms with Gasteiger partial charge in [-0.3, -0.25) is 0 Å². The number of benzene rings is 1. The fraction of sp³-hybridized carbons (Fsp3) is 0.562. The summed E-state index contributed by atoms with van der Waals surface area (Å²) in [6.07, 6.45) is -0.227. The Bertz CT molecular complexity index is 384. The van der Waals surface area contributed by atoms with Crippen LogP contribution < -0.4 is 0 Å². The minimum absolute atomic E-state index is 0.164. The van der Waals surface area contributed by atoms with E-state index in [9.17, 15) is 9.90 Å². The van der Waals surface area contributed by atoms with Crippen molar-refractivity contribution in [3.05, 3.63) is 35.9 Å². The Morgan fingerprint density at radius 3 is 2.16 bits per heavy atom. The lowest BCUT2D eigenvalue weighted by Crippen LogP contribution is -2.30. The lowest BCUT2D eigenvalue weighted by molar-refractivity contribution is -0.00724. The molecule has 0 aromatic heterocycles. The van der Waals surface area contributed by atoms with Gasteiger partial charge in [0.1, 0.15) is 6.10 Å². The Balaban J connectivity index is 2.66. The van der Waals surface area contributed by atoms with Crippen LogP contribution in [0.3, 0.4) is 0 Å². The molecule has 1 aromatic rings. The first-order valence-electron chi connectivity index (χ1n) is 6.86. The maximum absolute atomic E-state index is 12.0. The zero-order valence-electron chi connectivity index (χ0n) is 12.2. The summed E-state index contributed by atoms with van der Waals surface area (Å²) in [5.41, 5.74) is 0.548. The van der Waals surface area contributed by atoms with E-state index in [2.05, 4.69) is 0 Å². The number of ether oxygens (including phenoxy) is 1. The van der Waals surface area contributed by atoms with E-state index >= 15 is 0 Å². The summed E-state index contributed by atoms with van der Waals surface area (Å²) in [6.45, 7) is 7.91. The van der Waals surface area contributed by atoms with Crippen molar-refractivity contribution in [2.24, 2.45) is 11.8 Å². The number of hydrogen-bond acceptors (Lipinski definition) is 3. The zero-order chi connectivity index (χ0) is 14.4. The fourth-order valence-corrected chi connectivity index (χ4v) is 1.75. The van der Waals surface area contributed by atoms with Crippen LogP contribution in [0.2, 0.25) is 0 Å². The highest BCUT2D eigenvalue weighted by atomic mass is 16.5. The summed E-state index contributed by atoms with van der Waals surface area (Å²) in [4.78, 5) is 12.0. The van der Waals surface area contributed by atoms with Crippen molar-refractivity contribution in [2.75, 3.05) is 0 Å². The number of hydrogen-bond donors (Lipinski definition) is 1. The van der Waals surface area contributed by atoms with E-state index in [0.717, 1.165) is 0 Å². The Morgan fingerprint density at radius 2 is 1.68 bits per heavy atom. The van der Waals surface area contributed by atoms with Crippen LogP contribution in [-0.4, -0.2) is 23.3 Å². The molecule has 0 bridgehead atoms. The first kappa shape index (κ1) is 15.7. The van der Waals surface area contributed by atoms with Gasteiger partial charge in [0.05, 0.1) is 11.7 Å². The summed E-state index contributed by atoms with van der Waals surface area (Å²) >= 11 is 0. The van der Waals surface area contributed by atoms with Crippen LogP contribution in [0.5, 0.6) is 0 Å². The molecule has 1 aromatic carbocycles. The van der Waals surface area contributed by atoms with Gasteiger partial charge in [-0.05, 0) is 24.0 Å². The Labute approximate surface area is 115 Å². The van der Waals surface area contributed by atoms with Crippen LogP contribution in [0.25, 0.3) is 0 Å². The highest BCUT2D eigenvalue weighted by molar-refractivity contribution is 5.89. The zero-order valence-corrected chi connectivity index (χ0v) is 12.2. The number of aliphatic hydroxyl groups is 1. The quantitative estimate of drug-likeness (QED) is 0.802. The van der Waals surface area contributed by atoms with E-state index in [1.165, 1.54) is 0 Å². The molecule has 0 saturated carbocycles. The van der Waals surface area contributed by atoms with E-state index < -0.39 is 6.10 Å². The molecule has 19 heavy (non-hydrogen) atoms. The van der Waals surface area contributed by atoms with Gasteiger partial charge in [0.15, 0.2) is 0 Å². The maximum atomic E-state index is 12.0. The second-order valence-electron chi connectivity index (χ2n) is 5.60. The minimum atomic E-state index is -0.448. The summed E-state index contributed by atoms with van der Waals surface area (Å²) < 4.78 is 5.52. The minimum Gasteiger partial charge on any atom is -0.458 e. The second-order valence-corrected chi connectivity index (χ2v) is 5.60. The third-order valence-corrected chi connectivity index (χ3v) is 3.25. The molecule has 0 radical (unpaired) electrons. The van der Waals surface area contributed by atoms with Crippen molar-refractivity contribution in [3.8, 4) is 0 Å². The van der Waals surface area contributed by atoms with Crippen LogP contribution in [0.1, 0.15) is 44.5 Å². The highest BCUT2D eigenvalue weighted by Crippen LogP contribution is 2.18. The molecule has 0 aliphatic rings. The van der Waals surface area contributed by atoms with Gasteiger partial charge < -0.3 is 9.84 Å². The first-order valence-corrected chi connectivity index (χ1v) is 6.86. The number of aliphatic hydroxyl groups excluding tert-OH is 1. The molecule has 3 heteroatoms. The Morgan fingerprint density at radius 1 is 1.11 bits per heavy atom. The van der Waals surface area contributed by atoms with Gasteiger partial charge in [0, 0.05) is 6.42 Å². The third kappa shape index (κ3) is 5.03. The summed E-state index contributed by atoms with van der Waals surface area (Å²) in [7, 11) is 0. The van der Waals surface area contributed by atoms with Gasteiger partial charge >= 0.3 is 5.97 Å². The molecular formula is C16H24O3. The van der Waals surface area contributed by atoms with E-state index in [1.54, 1.807) is 12.1 Å². The summed E-state index contributed by atoms with van der Waals surface area (Å²) in [5.74, 6) is 0.0213. The van der Waals surface area contributed by atoms with Crippen LogP contribution in [-0.2, 0) is 4.74 Å². The first-order chi connectivity index (χ1) is 8.91. The molecule has 0 spiro atoms. The van der Waals surface area contributed by atoms with E-state index in [1.807, 2.05) is 45.9 Å². The molecule has 0 aliphatic carbocycles. The smallest absolute Gasteiger partial charge is 0.338 e. The molecule has 1 N–H and O–H groups in total. The highest BCUT2D eigenvalue weighted by Gasteiger charge is 2.24. The van der Waals surface area contributed by atoms with Crippen LogP contribution in [0.4, 0.5) is 0 Å². The van der Waals surface area contributed by atoms with E-state index in [0.29, 0.717) is 12.0 Å². The van der Waals surface area contributed by atoms with Gasteiger partial charge in [-0.25, -0.2) is 4.79 Å². The van der Waals surface area contributed by atoms with Crippen LogP contribution in [0.15, 0.2) is 30.3 Å². The average molecular weight is 264 g/mol. The van der Waals surface area contributed by atoms with E-state index in [4.69, 9.17) is 4.74 Å². The molecule has 3 nitrogen and oxygen atoms in total. The summed E-state index contributed by atoms with van der Waals surface area (Å²) in [5, 5.41) is 9.94. The maximum Gasteiger partial charge on any atom is 0.338 e. The number of rotatable bonds is 6. The molecule has 2 atom stereocenters. The average Bonchev–Trinajstić information content (AvgIpc) is 2.38. The van der Waals surface area contributed by atoms with Crippen molar-refractivity contribution in [3.63, 3.8) is 0 Å². The monoisotopic (exact) mass is 264 g/mol. The predicted octanol–water partition coefficient (Wildman–Crippen LogP) is 3.28. The number of carbonyl (C=O) groups is 1. The lowest BCUT2D eigenvalue weighted by atomic mass is 9.95. The lowest BCUT2D eigenvalue weighted by Gasteiger charge is -2.25. The molecule has 106 valence electrons. The van der Waals surface area contributed by atoms with E-state index in [-0.39, 0.29) is 23.9 Å². The molecule has 0 saturated heterocycles. The molecular weight excluding hydrogens is 240 g/mol. The van der Waals surface area contributed by atoms with Crippen molar-refractivity contribution in [1.29, 1.82) is 0 Å². The van der Waals surface area contributed by atoms with Crippen molar-refractivity contribution in [2.45, 2.75) is 46.3 Å². The molecule has 0 fully saturated rings. The normalized spacial score (nSPS) is 14.5. The van der Waals surface area contributed by atoms with Crippen LogP contribution >= 0.6 is 0 Å².